The van der Waals surface area contributed by atoms with Crippen molar-refractivity contribution in [2.75, 3.05) is 11.9 Å². The second-order valence-corrected chi connectivity index (χ2v) is 6.90. The minimum Gasteiger partial charge on any atom is -0.462 e. The third-order valence-corrected chi connectivity index (χ3v) is 4.97. The van der Waals surface area contributed by atoms with Crippen LogP contribution in [0.1, 0.15) is 33.3 Å². The van der Waals surface area contributed by atoms with Gasteiger partial charge in [0.15, 0.2) is 0 Å². The van der Waals surface area contributed by atoms with E-state index in [2.05, 4.69) is 21.2 Å². The molecule has 0 bridgehead atoms. The molecule has 128 valence electrons. The van der Waals surface area contributed by atoms with Gasteiger partial charge >= 0.3 is 5.97 Å². The van der Waals surface area contributed by atoms with Gasteiger partial charge in [-0.3, -0.25) is 4.79 Å². The normalized spacial score (nSPS) is 10.5. The lowest BCUT2D eigenvalue weighted by Crippen LogP contribution is -2.07. The second kappa shape index (κ2) is 8.60. The number of esters is 1. The second-order valence-electron chi connectivity index (χ2n) is 4.97. The van der Waals surface area contributed by atoms with Crippen LogP contribution < -0.4 is 5.32 Å². The van der Waals surface area contributed by atoms with Gasteiger partial charge in [0.25, 0.3) is 0 Å². The summed E-state index contributed by atoms with van der Waals surface area (Å²) < 4.78 is 5.93. The summed E-state index contributed by atoms with van der Waals surface area (Å²) in [5.41, 5.74) is 1.66. The molecule has 0 spiro atoms. The van der Waals surface area contributed by atoms with Crippen LogP contribution in [0.4, 0.5) is 5.00 Å². The number of rotatable bonds is 5. The van der Waals surface area contributed by atoms with E-state index in [9.17, 15) is 14.9 Å². The topological polar surface area (TPSA) is 79.2 Å². The molecule has 25 heavy (non-hydrogen) atoms. The van der Waals surface area contributed by atoms with E-state index >= 15 is 0 Å². The van der Waals surface area contributed by atoms with Crippen LogP contribution in [-0.2, 0) is 9.53 Å². The smallest absolute Gasteiger partial charge is 0.348 e. The lowest BCUT2D eigenvalue weighted by molar-refractivity contribution is -0.111. The number of amides is 1. The summed E-state index contributed by atoms with van der Waals surface area (Å²) in [5.74, 6) is -0.872. The van der Waals surface area contributed by atoms with Gasteiger partial charge in [-0.2, -0.15) is 5.26 Å². The average molecular weight is 419 g/mol. The van der Waals surface area contributed by atoms with Crippen molar-refractivity contribution >= 4 is 50.2 Å². The minimum absolute atomic E-state index is 0.246. The molecule has 1 heterocycles. The largest absolute Gasteiger partial charge is 0.462 e. The van der Waals surface area contributed by atoms with Crippen LogP contribution in [-0.4, -0.2) is 18.5 Å². The molecule has 0 fully saturated rings. The highest BCUT2D eigenvalue weighted by Crippen LogP contribution is 2.33. The number of halogens is 1. The molecule has 5 nitrogen and oxygen atoms in total. The zero-order valence-electron chi connectivity index (χ0n) is 13.6. The molecule has 0 unspecified atom stereocenters. The number of hydrogen-bond donors (Lipinski definition) is 1. The molecular weight excluding hydrogens is 404 g/mol. The summed E-state index contributed by atoms with van der Waals surface area (Å²) in [7, 11) is 0. The fourth-order valence-corrected chi connectivity index (χ4v) is 3.35. The standard InChI is InChI=1S/C18H15BrN2O3S/c1-3-24-18(23)16-11(2)14(10-20)17(25-16)21-15(22)9-6-12-4-7-13(19)8-5-12/h4-9H,3H2,1-2H3,(H,21,22). The van der Waals surface area contributed by atoms with Crippen molar-refractivity contribution in [2.24, 2.45) is 0 Å². The molecule has 0 atom stereocenters. The molecule has 2 aromatic rings. The highest BCUT2D eigenvalue weighted by atomic mass is 79.9. The van der Waals surface area contributed by atoms with Gasteiger partial charge in [0, 0.05) is 10.5 Å². The Kier molecular flexibility index (Phi) is 6.51. The van der Waals surface area contributed by atoms with Crippen molar-refractivity contribution in [1.29, 1.82) is 5.26 Å². The fourth-order valence-electron chi connectivity index (χ4n) is 2.03. The maximum Gasteiger partial charge on any atom is 0.348 e. The summed E-state index contributed by atoms with van der Waals surface area (Å²) in [6, 6.07) is 9.50. The lowest BCUT2D eigenvalue weighted by Gasteiger charge is -1.99. The average Bonchev–Trinajstić information content (AvgIpc) is 2.90. The van der Waals surface area contributed by atoms with E-state index in [1.807, 2.05) is 30.3 Å². The van der Waals surface area contributed by atoms with Gasteiger partial charge in [0.1, 0.15) is 15.9 Å². The van der Waals surface area contributed by atoms with Crippen molar-refractivity contribution in [1.82, 2.24) is 0 Å². The van der Waals surface area contributed by atoms with Crippen molar-refractivity contribution in [2.45, 2.75) is 13.8 Å². The highest BCUT2D eigenvalue weighted by Gasteiger charge is 2.21. The van der Waals surface area contributed by atoms with Gasteiger partial charge in [-0.1, -0.05) is 28.1 Å². The molecule has 0 aliphatic heterocycles. The monoisotopic (exact) mass is 418 g/mol. The summed E-state index contributed by atoms with van der Waals surface area (Å²) in [6.45, 7) is 3.62. The highest BCUT2D eigenvalue weighted by molar-refractivity contribution is 9.10. The maximum absolute atomic E-state index is 12.1. The van der Waals surface area contributed by atoms with Crippen LogP contribution in [0.25, 0.3) is 6.08 Å². The maximum atomic E-state index is 12.1. The first-order valence-electron chi connectivity index (χ1n) is 7.41. The van der Waals surface area contributed by atoms with Crippen molar-refractivity contribution in [3.63, 3.8) is 0 Å². The summed E-state index contributed by atoms with van der Waals surface area (Å²) >= 11 is 4.39. The predicted molar refractivity (Wildman–Crippen MR) is 102 cm³/mol. The van der Waals surface area contributed by atoms with E-state index in [4.69, 9.17) is 4.74 Å². The first kappa shape index (κ1) is 18.9. The molecule has 1 aromatic carbocycles. The van der Waals surface area contributed by atoms with Gasteiger partial charge in [0.2, 0.25) is 5.91 Å². The Morgan fingerprint density at radius 2 is 2.04 bits per heavy atom. The zero-order valence-corrected chi connectivity index (χ0v) is 16.0. The third-order valence-electron chi connectivity index (χ3n) is 3.25. The van der Waals surface area contributed by atoms with Crippen LogP contribution in [0.5, 0.6) is 0 Å². The van der Waals surface area contributed by atoms with Gasteiger partial charge in [-0.05, 0) is 43.2 Å². The summed E-state index contributed by atoms with van der Waals surface area (Å²) in [4.78, 5) is 24.4. The SMILES string of the molecule is CCOC(=O)c1sc(NC(=O)C=Cc2ccc(Br)cc2)c(C#N)c1C. The number of thiophene rings is 1. The van der Waals surface area contributed by atoms with Gasteiger partial charge in [-0.15, -0.1) is 11.3 Å². The third kappa shape index (κ3) is 4.78. The number of carbonyl (C=O) groups is 2. The molecule has 7 heteroatoms. The Labute approximate surface area is 158 Å². The van der Waals surface area contributed by atoms with Crippen LogP contribution >= 0.6 is 27.3 Å². The molecule has 1 N–H and O–H groups in total. The zero-order chi connectivity index (χ0) is 18.4. The first-order chi connectivity index (χ1) is 12.0. The van der Waals surface area contributed by atoms with E-state index in [1.165, 1.54) is 6.08 Å². The van der Waals surface area contributed by atoms with Gasteiger partial charge in [0.05, 0.1) is 12.2 Å². The predicted octanol–water partition coefficient (Wildman–Crippen LogP) is 4.52. The van der Waals surface area contributed by atoms with Crippen molar-refractivity contribution < 1.29 is 14.3 Å². The van der Waals surface area contributed by atoms with E-state index in [-0.39, 0.29) is 18.1 Å². The number of carbonyl (C=O) groups excluding carboxylic acids is 2. The number of anilines is 1. The molecule has 1 aromatic heterocycles. The number of nitrogens with zero attached hydrogens (tertiary/aromatic N) is 1. The Bertz CT molecular complexity index is 864. The Hall–Kier alpha value is -2.43. The number of nitrogens with one attached hydrogen (secondary N) is 1. The number of nitriles is 1. The quantitative estimate of drug-likeness (QED) is 0.571. The van der Waals surface area contributed by atoms with Crippen molar-refractivity contribution in [3.8, 4) is 6.07 Å². The summed E-state index contributed by atoms with van der Waals surface area (Å²) in [6.07, 6.45) is 3.05. The van der Waals surface area contributed by atoms with Gasteiger partial charge in [-0.25, -0.2) is 4.79 Å². The van der Waals surface area contributed by atoms with E-state index in [0.717, 1.165) is 21.4 Å². The van der Waals surface area contributed by atoms with Crippen LogP contribution in [0.3, 0.4) is 0 Å². The van der Waals surface area contributed by atoms with Crippen molar-refractivity contribution in [3.05, 3.63) is 56.4 Å². The van der Waals surface area contributed by atoms with E-state index in [0.29, 0.717) is 15.4 Å². The van der Waals surface area contributed by atoms with Crippen LogP contribution in [0.15, 0.2) is 34.8 Å². The van der Waals surface area contributed by atoms with E-state index < -0.39 is 5.97 Å². The van der Waals surface area contributed by atoms with Gasteiger partial charge < -0.3 is 10.1 Å². The lowest BCUT2D eigenvalue weighted by atomic mass is 10.1. The summed E-state index contributed by atoms with van der Waals surface area (Å²) in [5, 5.41) is 12.3. The Morgan fingerprint density at radius 3 is 2.64 bits per heavy atom. The number of benzene rings is 1. The molecular formula is C18H15BrN2O3S. The Morgan fingerprint density at radius 1 is 1.36 bits per heavy atom. The Balaban J connectivity index is 2.17. The van der Waals surface area contributed by atoms with Crippen LogP contribution in [0, 0.1) is 18.3 Å². The first-order valence-corrected chi connectivity index (χ1v) is 9.02. The molecule has 0 radical (unpaired) electrons. The fraction of sp³-hybridized carbons (Fsp3) is 0.167. The molecule has 2 rings (SSSR count). The number of ether oxygens (including phenoxy) is 1. The van der Waals surface area contributed by atoms with Crippen LogP contribution in [0.2, 0.25) is 0 Å². The minimum atomic E-state index is -0.493. The molecule has 0 saturated heterocycles. The molecule has 0 saturated carbocycles. The molecule has 0 aliphatic rings. The van der Waals surface area contributed by atoms with E-state index in [1.54, 1.807) is 19.9 Å². The molecule has 1 amide bonds. The number of hydrogen-bond acceptors (Lipinski definition) is 5. The molecule has 0 aliphatic carbocycles.